The molecule has 2 heteroatoms. The SMILES string of the molecule is CCc1nc(C)c(C(C)C)nc1CC. The van der Waals surface area contributed by atoms with Crippen LogP contribution < -0.4 is 0 Å². The number of aromatic nitrogens is 2. The molecule has 0 aliphatic rings. The van der Waals surface area contributed by atoms with Crippen LogP contribution in [0.1, 0.15) is 56.4 Å². The van der Waals surface area contributed by atoms with Crippen molar-refractivity contribution < 1.29 is 0 Å². The zero-order valence-corrected chi connectivity index (χ0v) is 9.89. The van der Waals surface area contributed by atoms with E-state index in [1.165, 1.54) is 5.69 Å². The van der Waals surface area contributed by atoms with E-state index in [-0.39, 0.29) is 0 Å². The maximum Gasteiger partial charge on any atom is 0.0644 e. The first-order valence-corrected chi connectivity index (χ1v) is 5.46. The summed E-state index contributed by atoms with van der Waals surface area (Å²) in [6.45, 7) is 10.7. The molecule has 1 aromatic heterocycles. The van der Waals surface area contributed by atoms with Gasteiger partial charge in [-0.05, 0) is 25.7 Å². The smallest absolute Gasteiger partial charge is 0.0644 e. The molecule has 0 N–H and O–H groups in total. The Balaban J connectivity index is 3.23. The van der Waals surface area contributed by atoms with E-state index in [4.69, 9.17) is 4.98 Å². The normalized spacial score (nSPS) is 11.0. The highest BCUT2D eigenvalue weighted by atomic mass is 14.8. The lowest BCUT2D eigenvalue weighted by Crippen LogP contribution is -2.07. The maximum atomic E-state index is 4.70. The third-order valence-electron chi connectivity index (χ3n) is 2.48. The molecule has 78 valence electrons. The fraction of sp³-hybridized carbons (Fsp3) is 0.667. The maximum absolute atomic E-state index is 4.70. The van der Waals surface area contributed by atoms with Crippen LogP contribution in [0, 0.1) is 6.92 Å². The molecular formula is C12H20N2. The minimum absolute atomic E-state index is 0.471. The lowest BCUT2D eigenvalue weighted by Gasteiger charge is -2.12. The summed E-state index contributed by atoms with van der Waals surface area (Å²) in [5.74, 6) is 0.471. The van der Waals surface area contributed by atoms with E-state index >= 15 is 0 Å². The van der Waals surface area contributed by atoms with Gasteiger partial charge in [-0.1, -0.05) is 27.7 Å². The first kappa shape index (κ1) is 11.2. The Hall–Kier alpha value is -0.920. The van der Waals surface area contributed by atoms with E-state index in [1.54, 1.807) is 0 Å². The summed E-state index contributed by atoms with van der Waals surface area (Å²) in [5, 5.41) is 0. The molecule has 1 heterocycles. The van der Waals surface area contributed by atoms with Gasteiger partial charge in [-0.2, -0.15) is 0 Å². The van der Waals surface area contributed by atoms with Crippen molar-refractivity contribution in [2.24, 2.45) is 0 Å². The summed E-state index contributed by atoms with van der Waals surface area (Å²) in [6.07, 6.45) is 1.96. The van der Waals surface area contributed by atoms with Gasteiger partial charge in [0, 0.05) is 0 Å². The van der Waals surface area contributed by atoms with Crippen molar-refractivity contribution >= 4 is 0 Å². The Kier molecular flexibility index (Phi) is 3.62. The highest BCUT2D eigenvalue weighted by molar-refractivity contribution is 5.21. The average Bonchev–Trinajstić information content (AvgIpc) is 2.16. The van der Waals surface area contributed by atoms with Gasteiger partial charge in [-0.25, -0.2) is 0 Å². The predicted octanol–water partition coefficient (Wildman–Crippen LogP) is 3.03. The largest absolute Gasteiger partial charge is 0.254 e. The summed E-state index contributed by atoms with van der Waals surface area (Å²) in [5.41, 5.74) is 4.57. The highest BCUT2D eigenvalue weighted by Gasteiger charge is 2.10. The van der Waals surface area contributed by atoms with Gasteiger partial charge in [0.2, 0.25) is 0 Å². The molecule has 1 aromatic rings. The topological polar surface area (TPSA) is 25.8 Å². The Morgan fingerprint density at radius 2 is 1.50 bits per heavy atom. The van der Waals surface area contributed by atoms with Crippen LogP contribution in [0.3, 0.4) is 0 Å². The highest BCUT2D eigenvalue weighted by Crippen LogP contribution is 2.17. The first-order valence-electron chi connectivity index (χ1n) is 5.46. The second-order valence-corrected chi connectivity index (χ2v) is 3.95. The van der Waals surface area contributed by atoms with E-state index < -0.39 is 0 Å². The molecule has 0 unspecified atom stereocenters. The first-order chi connectivity index (χ1) is 6.60. The monoisotopic (exact) mass is 192 g/mol. The lowest BCUT2D eigenvalue weighted by atomic mass is 10.1. The summed E-state index contributed by atoms with van der Waals surface area (Å²) in [6, 6.07) is 0. The molecule has 0 spiro atoms. The van der Waals surface area contributed by atoms with Crippen molar-refractivity contribution in [3.05, 3.63) is 22.8 Å². The lowest BCUT2D eigenvalue weighted by molar-refractivity contribution is 0.758. The van der Waals surface area contributed by atoms with Gasteiger partial charge in [0.25, 0.3) is 0 Å². The van der Waals surface area contributed by atoms with Crippen LogP contribution in [0.15, 0.2) is 0 Å². The summed E-state index contributed by atoms with van der Waals surface area (Å²) < 4.78 is 0. The summed E-state index contributed by atoms with van der Waals surface area (Å²) in [4.78, 5) is 9.32. The van der Waals surface area contributed by atoms with E-state index in [9.17, 15) is 0 Å². The van der Waals surface area contributed by atoms with Gasteiger partial charge in [0.05, 0.1) is 22.8 Å². The van der Waals surface area contributed by atoms with Crippen LogP contribution in [-0.2, 0) is 12.8 Å². The second kappa shape index (κ2) is 4.54. The van der Waals surface area contributed by atoms with E-state index in [1.807, 2.05) is 0 Å². The zero-order valence-electron chi connectivity index (χ0n) is 9.89. The summed E-state index contributed by atoms with van der Waals surface area (Å²) in [7, 11) is 0. The van der Waals surface area contributed by atoms with Gasteiger partial charge in [0.15, 0.2) is 0 Å². The molecule has 0 aromatic carbocycles. The molecule has 0 radical (unpaired) electrons. The van der Waals surface area contributed by atoms with Crippen LogP contribution in [0.25, 0.3) is 0 Å². The Morgan fingerprint density at radius 3 is 1.93 bits per heavy atom. The molecule has 0 bridgehead atoms. The van der Waals surface area contributed by atoms with E-state index in [2.05, 4.69) is 39.6 Å². The molecule has 0 atom stereocenters. The second-order valence-electron chi connectivity index (χ2n) is 3.95. The van der Waals surface area contributed by atoms with Gasteiger partial charge >= 0.3 is 0 Å². The molecule has 0 amide bonds. The van der Waals surface area contributed by atoms with Crippen molar-refractivity contribution in [2.75, 3.05) is 0 Å². The van der Waals surface area contributed by atoms with Crippen molar-refractivity contribution in [2.45, 2.75) is 53.4 Å². The minimum Gasteiger partial charge on any atom is -0.254 e. The quantitative estimate of drug-likeness (QED) is 0.735. The Morgan fingerprint density at radius 1 is 1.00 bits per heavy atom. The number of hydrogen-bond donors (Lipinski definition) is 0. The average molecular weight is 192 g/mol. The van der Waals surface area contributed by atoms with Crippen LogP contribution in [0.4, 0.5) is 0 Å². The Bertz CT molecular complexity index is 316. The van der Waals surface area contributed by atoms with E-state index in [0.29, 0.717) is 5.92 Å². The zero-order chi connectivity index (χ0) is 10.7. The minimum atomic E-state index is 0.471. The molecule has 0 fully saturated rings. The molecule has 0 aliphatic carbocycles. The van der Waals surface area contributed by atoms with Gasteiger partial charge in [0.1, 0.15) is 0 Å². The van der Waals surface area contributed by atoms with Crippen LogP contribution in [0.2, 0.25) is 0 Å². The van der Waals surface area contributed by atoms with Gasteiger partial charge < -0.3 is 0 Å². The molecular weight excluding hydrogens is 172 g/mol. The number of rotatable bonds is 3. The summed E-state index contributed by atoms with van der Waals surface area (Å²) >= 11 is 0. The van der Waals surface area contributed by atoms with Crippen molar-refractivity contribution in [1.82, 2.24) is 9.97 Å². The van der Waals surface area contributed by atoms with Crippen molar-refractivity contribution in [3.63, 3.8) is 0 Å². The van der Waals surface area contributed by atoms with Gasteiger partial charge in [-0.3, -0.25) is 9.97 Å². The van der Waals surface area contributed by atoms with Crippen molar-refractivity contribution in [3.8, 4) is 0 Å². The number of nitrogens with zero attached hydrogens (tertiary/aromatic N) is 2. The van der Waals surface area contributed by atoms with Crippen LogP contribution >= 0.6 is 0 Å². The Labute approximate surface area is 86.8 Å². The van der Waals surface area contributed by atoms with Gasteiger partial charge in [-0.15, -0.1) is 0 Å². The molecule has 0 aliphatic heterocycles. The molecule has 2 nitrogen and oxygen atoms in total. The fourth-order valence-electron chi connectivity index (χ4n) is 1.73. The fourth-order valence-corrected chi connectivity index (χ4v) is 1.73. The van der Waals surface area contributed by atoms with E-state index in [0.717, 1.165) is 29.9 Å². The third-order valence-corrected chi connectivity index (χ3v) is 2.48. The molecule has 14 heavy (non-hydrogen) atoms. The molecule has 0 saturated carbocycles. The number of aryl methyl sites for hydroxylation is 3. The molecule has 1 rings (SSSR count). The standard InChI is InChI=1S/C12H20N2/c1-6-10-11(7-2)14-12(8(3)4)9(5)13-10/h8H,6-7H2,1-5H3. The van der Waals surface area contributed by atoms with Crippen LogP contribution in [0.5, 0.6) is 0 Å². The molecule has 0 saturated heterocycles. The number of hydrogen-bond acceptors (Lipinski definition) is 2. The third kappa shape index (κ3) is 2.11. The predicted molar refractivity (Wildman–Crippen MR) is 59.6 cm³/mol. The van der Waals surface area contributed by atoms with Crippen molar-refractivity contribution in [1.29, 1.82) is 0 Å². The van der Waals surface area contributed by atoms with Crippen LogP contribution in [-0.4, -0.2) is 9.97 Å².